The fraction of sp³-hybridized carbons (Fsp3) is 1.00. The van der Waals surface area contributed by atoms with Gasteiger partial charge in [-0.3, -0.25) is 9.80 Å². The van der Waals surface area contributed by atoms with Gasteiger partial charge in [-0.2, -0.15) is 0 Å². The molecule has 3 nitrogen and oxygen atoms in total. The molecular weight excluding hydrogens is 198 g/mol. The van der Waals surface area contributed by atoms with Crippen molar-refractivity contribution in [3.63, 3.8) is 0 Å². The third kappa shape index (κ3) is 1.69. The molecular formula is C13H25N3. The third-order valence-corrected chi connectivity index (χ3v) is 4.73. The Bertz CT molecular complexity index is 262. The van der Waals surface area contributed by atoms with Crippen LogP contribution in [0.3, 0.4) is 0 Å². The first-order valence-corrected chi connectivity index (χ1v) is 6.75. The van der Waals surface area contributed by atoms with Gasteiger partial charge in [0.1, 0.15) is 0 Å². The van der Waals surface area contributed by atoms with Crippen LogP contribution in [-0.4, -0.2) is 73.1 Å². The molecule has 1 unspecified atom stereocenters. The van der Waals surface area contributed by atoms with Gasteiger partial charge in [0.2, 0.25) is 0 Å². The largest absolute Gasteiger partial charge is 0.305 e. The van der Waals surface area contributed by atoms with Gasteiger partial charge in [-0.1, -0.05) is 0 Å². The summed E-state index contributed by atoms with van der Waals surface area (Å²) >= 11 is 0. The minimum absolute atomic E-state index is 0.708. The van der Waals surface area contributed by atoms with Crippen molar-refractivity contribution in [3.8, 4) is 0 Å². The highest BCUT2D eigenvalue weighted by molar-refractivity contribution is 5.07. The van der Waals surface area contributed by atoms with Gasteiger partial charge in [0.15, 0.2) is 0 Å². The molecule has 0 amide bonds. The molecule has 3 saturated heterocycles. The third-order valence-electron chi connectivity index (χ3n) is 4.73. The van der Waals surface area contributed by atoms with Crippen molar-refractivity contribution in [1.82, 2.24) is 14.7 Å². The van der Waals surface area contributed by atoms with E-state index < -0.39 is 0 Å². The minimum Gasteiger partial charge on any atom is -0.305 e. The SMILES string of the molecule is CC(C)N1CCC(N2CC3(CN(C)C3)C2)C1. The Labute approximate surface area is 99.4 Å². The molecule has 3 fully saturated rings. The first kappa shape index (κ1) is 11.0. The molecule has 1 spiro atoms. The molecule has 0 saturated carbocycles. The van der Waals surface area contributed by atoms with E-state index in [-0.39, 0.29) is 0 Å². The molecule has 0 bridgehead atoms. The Morgan fingerprint density at radius 2 is 1.81 bits per heavy atom. The molecule has 0 aromatic heterocycles. The molecule has 0 N–H and O–H groups in total. The van der Waals surface area contributed by atoms with E-state index in [4.69, 9.17) is 0 Å². The van der Waals surface area contributed by atoms with E-state index in [0.29, 0.717) is 5.41 Å². The predicted molar refractivity (Wildman–Crippen MR) is 66.6 cm³/mol. The van der Waals surface area contributed by atoms with Gasteiger partial charge in [-0.25, -0.2) is 0 Å². The van der Waals surface area contributed by atoms with Crippen LogP contribution in [0.1, 0.15) is 20.3 Å². The van der Waals surface area contributed by atoms with Crippen LogP contribution in [0.5, 0.6) is 0 Å². The zero-order chi connectivity index (χ0) is 11.3. The molecule has 0 aromatic rings. The van der Waals surface area contributed by atoms with Crippen molar-refractivity contribution in [3.05, 3.63) is 0 Å². The molecule has 16 heavy (non-hydrogen) atoms. The van der Waals surface area contributed by atoms with E-state index in [0.717, 1.165) is 12.1 Å². The van der Waals surface area contributed by atoms with Gasteiger partial charge in [0, 0.05) is 56.8 Å². The smallest absolute Gasteiger partial charge is 0.0235 e. The van der Waals surface area contributed by atoms with Crippen LogP contribution >= 0.6 is 0 Å². The van der Waals surface area contributed by atoms with Crippen LogP contribution in [0.25, 0.3) is 0 Å². The summed E-state index contributed by atoms with van der Waals surface area (Å²) < 4.78 is 0. The Morgan fingerprint density at radius 1 is 1.12 bits per heavy atom. The predicted octanol–water partition coefficient (Wildman–Crippen LogP) is 0.717. The van der Waals surface area contributed by atoms with Crippen LogP contribution < -0.4 is 0 Å². The second-order valence-electron chi connectivity index (χ2n) is 6.61. The lowest BCUT2D eigenvalue weighted by Crippen LogP contribution is -2.72. The van der Waals surface area contributed by atoms with Gasteiger partial charge < -0.3 is 4.90 Å². The van der Waals surface area contributed by atoms with Crippen LogP contribution in [0.4, 0.5) is 0 Å². The molecule has 1 atom stereocenters. The fourth-order valence-electron chi connectivity index (χ4n) is 3.91. The summed E-state index contributed by atoms with van der Waals surface area (Å²) in [6.07, 6.45) is 1.39. The Balaban J connectivity index is 1.47. The maximum absolute atomic E-state index is 2.73. The van der Waals surface area contributed by atoms with Crippen LogP contribution in [-0.2, 0) is 0 Å². The number of hydrogen-bond donors (Lipinski definition) is 0. The highest BCUT2D eigenvalue weighted by Crippen LogP contribution is 2.40. The summed E-state index contributed by atoms with van der Waals surface area (Å²) in [5.74, 6) is 0. The average Bonchev–Trinajstić information content (AvgIpc) is 2.57. The van der Waals surface area contributed by atoms with E-state index in [1.807, 2.05) is 0 Å². The minimum atomic E-state index is 0.708. The van der Waals surface area contributed by atoms with E-state index in [1.54, 1.807) is 0 Å². The standard InChI is InChI=1S/C13H25N3/c1-11(2)15-5-4-12(6-15)16-9-13(10-16)7-14(3)8-13/h11-12H,4-10H2,1-3H3. The molecule has 0 aliphatic carbocycles. The Kier molecular flexibility index (Phi) is 2.54. The van der Waals surface area contributed by atoms with Crippen LogP contribution in [0.15, 0.2) is 0 Å². The van der Waals surface area contributed by atoms with Gasteiger partial charge in [0.25, 0.3) is 0 Å². The maximum Gasteiger partial charge on any atom is 0.0235 e. The summed E-state index contributed by atoms with van der Waals surface area (Å²) in [5, 5.41) is 0. The normalized spacial score (nSPS) is 35.6. The van der Waals surface area contributed by atoms with Crippen molar-refractivity contribution in [2.24, 2.45) is 5.41 Å². The quantitative estimate of drug-likeness (QED) is 0.683. The Morgan fingerprint density at radius 3 is 2.31 bits per heavy atom. The monoisotopic (exact) mass is 223 g/mol. The molecule has 0 radical (unpaired) electrons. The lowest BCUT2D eigenvalue weighted by atomic mass is 9.72. The van der Waals surface area contributed by atoms with E-state index in [9.17, 15) is 0 Å². The van der Waals surface area contributed by atoms with Crippen LogP contribution in [0, 0.1) is 5.41 Å². The van der Waals surface area contributed by atoms with Crippen molar-refractivity contribution in [2.75, 3.05) is 46.3 Å². The summed E-state index contributed by atoms with van der Waals surface area (Å²) in [6.45, 7) is 12.7. The van der Waals surface area contributed by atoms with Gasteiger partial charge in [0.05, 0.1) is 0 Å². The topological polar surface area (TPSA) is 9.72 Å². The molecule has 3 heterocycles. The zero-order valence-electron chi connectivity index (χ0n) is 10.9. The number of hydrogen-bond acceptors (Lipinski definition) is 3. The second kappa shape index (κ2) is 3.69. The van der Waals surface area contributed by atoms with Crippen molar-refractivity contribution >= 4 is 0 Å². The summed E-state index contributed by atoms with van der Waals surface area (Å²) in [4.78, 5) is 7.81. The maximum atomic E-state index is 2.73. The second-order valence-corrected chi connectivity index (χ2v) is 6.61. The highest BCUT2D eigenvalue weighted by Gasteiger charge is 2.52. The average molecular weight is 223 g/mol. The molecule has 0 aromatic carbocycles. The number of rotatable bonds is 2. The molecule has 3 rings (SSSR count). The van der Waals surface area contributed by atoms with E-state index in [1.165, 1.54) is 45.7 Å². The summed E-state index contributed by atoms with van der Waals surface area (Å²) in [5.41, 5.74) is 0.708. The van der Waals surface area contributed by atoms with Gasteiger partial charge in [-0.05, 0) is 27.3 Å². The summed E-state index contributed by atoms with van der Waals surface area (Å²) in [7, 11) is 2.24. The number of likely N-dealkylation sites (tertiary alicyclic amines) is 3. The number of nitrogens with zero attached hydrogens (tertiary/aromatic N) is 3. The summed E-state index contributed by atoms with van der Waals surface area (Å²) in [6, 6.07) is 1.59. The van der Waals surface area contributed by atoms with Gasteiger partial charge in [-0.15, -0.1) is 0 Å². The lowest BCUT2D eigenvalue weighted by molar-refractivity contribution is -0.119. The van der Waals surface area contributed by atoms with Crippen LogP contribution in [0.2, 0.25) is 0 Å². The molecule has 3 aliphatic heterocycles. The zero-order valence-corrected chi connectivity index (χ0v) is 10.9. The molecule has 92 valence electrons. The van der Waals surface area contributed by atoms with Crippen molar-refractivity contribution in [1.29, 1.82) is 0 Å². The van der Waals surface area contributed by atoms with Crippen molar-refractivity contribution in [2.45, 2.75) is 32.4 Å². The van der Waals surface area contributed by atoms with Crippen molar-refractivity contribution < 1.29 is 0 Å². The Hall–Kier alpha value is -0.120. The fourth-order valence-corrected chi connectivity index (χ4v) is 3.91. The van der Waals surface area contributed by atoms with E-state index in [2.05, 4.69) is 35.6 Å². The molecule has 3 heteroatoms. The molecule has 3 aliphatic rings. The first-order valence-electron chi connectivity index (χ1n) is 6.75. The van der Waals surface area contributed by atoms with E-state index >= 15 is 0 Å². The van der Waals surface area contributed by atoms with Gasteiger partial charge >= 0.3 is 0 Å². The highest BCUT2D eigenvalue weighted by atomic mass is 15.3. The lowest BCUT2D eigenvalue weighted by Gasteiger charge is -2.61. The first-order chi connectivity index (χ1) is 7.58.